The number of halogens is 3. The van der Waals surface area contributed by atoms with E-state index in [0.29, 0.717) is 51.9 Å². The Bertz CT molecular complexity index is 1060. The van der Waals surface area contributed by atoms with E-state index in [-0.39, 0.29) is 12.3 Å². The first-order chi connectivity index (χ1) is 13.7. The Labute approximate surface area is 162 Å². The van der Waals surface area contributed by atoms with Crippen LogP contribution in [0.15, 0.2) is 39.0 Å². The van der Waals surface area contributed by atoms with E-state index in [9.17, 15) is 22.8 Å². The third-order valence-corrected chi connectivity index (χ3v) is 4.29. The van der Waals surface area contributed by atoms with Crippen molar-refractivity contribution in [3.05, 3.63) is 56.4 Å². The van der Waals surface area contributed by atoms with Gasteiger partial charge in [0.1, 0.15) is 18.1 Å². The van der Waals surface area contributed by atoms with Crippen LogP contribution in [0.5, 0.6) is 5.75 Å². The van der Waals surface area contributed by atoms with Gasteiger partial charge < -0.3 is 14.3 Å². The van der Waals surface area contributed by atoms with Crippen molar-refractivity contribution in [2.24, 2.45) is 12.2 Å². The Kier molecular flexibility index (Phi) is 5.78. The summed E-state index contributed by atoms with van der Waals surface area (Å²) < 4.78 is 50.6. The zero-order chi connectivity index (χ0) is 21.2. The van der Waals surface area contributed by atoms with E-state index in [4.69, 9.17) is 14.3 Å². The van der Waals surface area contributed by atoms with Gasteiger partial charge in [0.15, 0.2) is 0 Å². The van der Waals surface area contributed by atoms with E-state index in [1.165, 1.54) is 25.3 Å². The molecule has 2 aromatic rings. The molecule has 1 aliphatic heterocycles. The van der Waals surface area contributed by atoms with Gasteiger partial charge >= 0.3 is 11.9 Å². The second-order valence-electron chi connectivity index (χ2n) is 6.19. The molecule has 0 N–H and O–H groups in total. The van der Waals surface area contributed by atoms with E-state index in [2.05, 4.69) is 5.16 Å². The highest BCUT2D eigenvalue weighted by molar-refractivity contribution is 6.03. The van der Waals surface area contributed by atoms with Gasteiger partial charge in [0.2, 0.25) is 0 Å². The number of benzene rings is 1. The van der Waals surface area contributed by atoms with E-state index < -0.39 is 23.1 Å². The molecule has 8 nitrogen and oxygen atoms in total. The maximum Gasteiger partial charge on any atom is 0.431 e. The van der Waals surface area contributed by atoms with Crippen molar-refractivity contribution < 1.29 is 27.5 Å². The van der Waals surface area contributed by atoms with Gasteiger partial charge in [0.05, 0.1) is 24.6 Å². The monoisotopic (exact) mass is 413 g/mol. The molecule has 2 heterocycles. The van der Waals surface area contributed by atoms with Crippen LogP contribution in [-0.4, -0.2) is 41.8 Å². The molecule has 3 rings (SSSR count). The average Bonchev–Trinajstić information content (AvgIpc) is 2.67. The van der Waals surface area contributed by atoms with Gasteiger partial charge in [-0.2, -0.15) is 13.2 Å². The summed E-state index contributed by atoms with van der Waals surface area (Å²) >= 11 is 0. The van der Waals surface area contributed by atoms with Crippen molar-refractivity contribution in [3.8, 4) is 11.4 Å². The third-order valence-electron chi connectivity index (χ3n) is 4.29. The minimum atomic E-state index is -4.82. The van der Waals surface area contributed by atoms with Crippen LogP contribution < -0.4 is 16.0 Å². The molecule has 29 heavy (non-hydrogen) atoms. The molecule has 1 aromatic carbocycles. The summed E-state index contributed by atoms with van der Waals surface area (Å²) in [6.07, 6.45) is -4.40. The smallest absolute Gasteiger partial charge is 0.431 e. The van der Waals surface area contributed by atoms with Crippen LogP contribution >= 0.6 is 0 Å². The van der Waals surface area contributed by atoms with Crippen LogP contribution in [0.3, 0.4) is 0 Å². The van der Waals surface area contributed by atoms with Crippen molar-refractivity contribution in [2.45, 2.75) is 12.6 Å². The maximum atomic E-state index is 13.0. The molecule has 0 fully saturated rings. The standard InChI is InChI=1S/C18H18F3N3O5/c1-23-15(18(19,20)21)10-16(25)24(17(23)26)11-3-4-14-12(9-11)13(5-6-28-14)22-29-8-7-27-2/h3-4,9-10H,5-8H2,1-2H3/b22-13+. The number of methoxy groups -OCH3 is 1. The number of oxime groups is 1. The fraction of sp³-hybridized carbons (Fsp3) is 0.389. The number of nitrogens with zero attached hydrogens (tertiary/aromatic N) is 3. The van der Waals surface area contributed by atoms with Crippen LogP contribution in [-0.2, 0) is 22.8 Å². The van der Waals surface area contributed by atoms with Crippen molar-refractivity contribution >= 4 is 5.71 Å². The lowest BCUT2D eigenvalue weighted by molar-refractivity contribution is -0.144. The maximum absolute atomic E-state index is 13.0. The van der Waals surface area contributed by atoms with Gasteiger partial charge in [-0.05, 0) is 18.2 Å². The fourth-order valence-corrected chi connectivity index (χ4v) is 2.88. The Hall–Kier alpha value is -3.08. The molecule has 11 heteroatoms. The minimum Gasteiger partial charge on any atom is -0.492 e. The quantitative estimate of drug-likeness (QED) is 0.551. The second-order valence-corrected chi connectivity index (χ2v) is 6.19. The van der Waals surface area contributed by atoms with Crippen molar-refractivity contribution in [3.63, 3.8) is 0 Å². The van der Waals surface area contributed by atoms with Crippen LogP contribution in [0.4, 0.5) is 13.2 Å². The average molecular weight is 413 g/mol. The third kappa shape index (κ3) is 4.19. The van der Waals surface area contributed by atoms with Crippen LogP contribution in [0.1, 0.15) is 17.7 Å². The number of hydrogen-bond donors (Lipinski definition) is 0. The van der Waals surface area contributed by atoms with E-state index in [1.807, 2.05) is 0 Å². The predicted octanol–water partition coefficient (Wildman–Crippen LogP) is 1.70. The predicted molar refractivity (Wildman–Crippen MR) is 96.8 cm³/mol. The fourth-order valence-electron chi connectivity index (χ4n) is 2.88. The lowest BCUT2D eigenvalue weighted by Gasteiger charge is -2.20. The number of alkyl halides is 3. The van der Waals surface area contributed by atoms with Gasteiger partial charge in [-0.25, -0.2) is 9.36 Å². The lowest BCUT2D eigenvalue weighted by atomic mass is 10.0. The van der Waals surface area contributed by atoms with Gasteiger partial charge in [-0.1, -0.05) is 5.16 Å². The zero-order valence-corrected chi connectivity index (χ0v) is 15.7. The summed E-state index contributed by atoms with van der Waals surface area (Å²) in [7, 11) is 2.48. The van der Waals surface area contributed by atoms with Crippen molar-refractivity contribution in [2.75, 3.05) is 26.9 Å². The highest BCUT2D eigenvalue weighted by Crippen LogP contribution is 2.28. The van der Waals surface area contributed by atoms with Crippen LogP contribution in [0.25, 0.3) is 5.69 Å². The molecule has 0 bridgehead atoms. The molecule has 0 spiro atoms. The summed E-state index contributed by atoms with van der Waals surface area (Å²) in [4.78, 5) is 30.0. The molecule has 0 saturated carbocycles. The number of ether oxygens (including phenoxy) is 2. The minimum absolute atomic E-state index is 0.0955. The van der Waals surface area contributed by atoms with E-state index in [0.717, 1.165) is 7.05 Å². The molecule has 0 unspecified atom stereocenters. The normalized spacial score (nSPS) is 15.1. The Morgan fingerprint density at radius 1 is 1.21 bits per heavy atom. The molecule has 0 amide bonds. The first kappa shape index (κ1) is 20.6. The zero-order valence-electron chi connectivity index (χ0n) is 15.7. The molecule has 156 valence electrons. The molecule has 0 aliphatic carbocycles. The molecule has 0 saturated heterocycles. The molecule has 1 aliphatic rings. The largest absolute Gasteiger partial charge is 0.492 e. The number of aromatic nitrogens is 2. The Morgan fingerprint density at radius 2 is 1.97 bits per heavy atom. The van der Waals surface area contributed by atoms with Gasteiger partial charge in [0, 0.05) is 32.2 Å². The summed E-state index contributed by atoms with van der Waals surface area (Å²) in [5.74, 6) is 0.464. The first-order valence-corrected chi connectivity index (χ1v) is 8.59. The van der Waals surface area contributed by atoms with Crippen molar-refractivity contribution in [1.82, 2.24) is 9.13 Å². The number of fused-ring (bicyclic) bond motifs is 1. The molecule has 0 atom stereocenters. The molecule has 1 aromatic heterocycles. The Morgan fingerprint density at radius 3 is 2.66 bits per heavy atom. The number of hydrogen-bond acceptors (Lipinski definition) is 6. The second kappa shape index (κ2) is 8.11. The molecule has 0 radical (unpaired) electrons. The molecular formula is C18H18F3N3O5. The summed E-state index contributed by atoms with van der Waals surface area (Å²) in [5.41, 5.74) is -2.42. The summed E-state index contributed by atoms with van der Waals surface area (Å²) in [6.45, 7) is 0.937. The van der Waals surface area contributed by atoms with Crippen molar-refractivity contribution in [1.29, 1.82) is 0 Å². The van der Waals surface area contributed by atoms with Gasteiger partial charge in [-0.3, -0.25) is 9.36 Å². The van der Waals surface area contributed by atoms with Gasteiger partial charge in [-0.15, -0.1) is 0 Å². The highest BCUT2D eigenvalue weighted by atomic mass is 19.4. The lowest BCUT2D eigenvalue weighted by Crippen LogP contribution is -2.40. The first-order valence-electron chi connectivity index (χ1n) is 8.59. The SMILES string of the molecule is COCCO/N=C1\CCOc2ccc(-n3c(=O)cc(C(F)(F)F)n(C)c3=O)cc21. The van der Waals surface area contributed by atoms with E-state index >= 15 is 0 Å². The van der Waals surface area contributed by atoms with Crippen LogP contribution in [0, 0.1) is 0 Å². The summed E-state index contributed by atoms with van der Waals surface area (Å²) in [5, 5.41) is 4.04. The van der Waals surface area contributed by atoms with Crippen LogP contribution in [0.2, 0.25) is 0 Å². The van der Waals surface area contributed by atoms with E-state index in [1.54, 1.807) is 0 Å². The topological polar surface area (TPSA) is 84.0 Å². The van der Waals surface area contributed by atoms with Gasteiger partial charge in [0.25, 0.3) is 5.56 Å². The Balaban J connectivity index is 2.07. The summed E-state index contributed by atoms with van der Waals surface area (Å²) in [6, 6.07) is 4.80. The number of rotatable bonds is 5. The molecular weight excluding hydrogens is 395 g/mol. The highest BCUT2D eigenvalue weighted by Gasteiger charge is 2.35.